The van der Waals surface area contributed by atoms with Crippen molar-refractivity contribution in [2.45, 2.75) is 20.8 Å². The summed E-state index contributed by atoms with van der Waals surface area (Å²) in [6.07, 6.45) is 1.59. The van der Waals surface area contributed by atoms with Gasteiger partial charge < -0.3 is 4.74 Å². The van der Waals surface area contributed by atoms with Gasteiger partial charge >= 0.3 is 0 Å². The van der Waals surface area contributed by atoms with Crippen LogP contribution >= 0.6 is 0 Å². The molecule has 0 saturated carbocycles. The second-order valence-electron chi connectivity index (χ2n) is 4.34. The van der Waals surface area contributed by atoms with Crippen LogP contribution in [0.2, 0.25) is 0 Å². The molecule has 0 aliphatic carbocycles. The lowest BCUT2D eigenvalue weighted by Crippen LogP contribution is -2.04. The molecule has 0 amide bonds. The van der Waals surface area contributed by atoms with Crippen molar-refractivity contribution in [2.24, 2.45) is 5.92 Å². The molecule has 0 fully saturated rings. The highest BCUT2D eigenvalue weighted by atomic mass is 16.5. The van der Waals surface area contributed by atoms with Crippen molar-refractivity contribution in [3.63, 3.8) is 0 Å². The topological polar surface area (TPSA) is 35.0 Å². The number of benzene rings is 1. The van der Waals surface area contributed by atoms with Gasteiger partial charge in [0, 0.05) is 17.1 Å². The van der Waals surface area contributed by atoms with Crippen LogP contribution in [0.1, 0.15) is 19.5 Å². The van der Waals surface area contributed by atoms with E-state index in [0.717, 1.165) is 29.0 Å². The van der Waals surface area contributed by atoms with Crippen LogP contribution in [0.3, 0.4) is 0 Å². The first-order chi connectivity index (χ1) is 7.66. The lowest BCUT2D eigenvalue weighted by molar-refractivity contribution is 0.271. The molecule has 2 rings (SSSR count). The number of ether oxygens (including phenoxy) is 1. The van der Waals surface area contributed by atoms with E-state index >= 15 is 0 Å². The van der Waals surface area contributed by atoms with Crippen LogP contribution < -0.4 is 4.74 Å². The van der Waals surface area contributed by atoms with Crippen LogP contribution in [-0.2, 0) is 0 Å². The van der Waals surface area contributed by atoms with Gasteiger partial charge in [0.1, 0.15) is 12.1 Å². The summed E-state index contributed by atoms with van der Waals surface area (Å²) in [7, 11) is 0. The third-order valence-electron chi connectivity index (χ3n) is 2.39. The molecule has 0 radical (unpaired) electrons. The average molecular weight is 216 g/mol. The Morgan fingerprint density at radius 3 is 2.81 bits per heavy atom. The highest BCUT2D eigenvalue weighted by molar-refractivity contribution is 5.81. The Morgan fingerprint density at radius 1 is 1.25 bits per heavy atom. The third-order valence-corrected chi connectivity index (χ3v) is 2.39. The fourth-order valence-electron chi connectivity index (χ4n) is 1.52. The van der Waals surface area contributed by atoms with Gasteiger partial charge in [-0.15, -0.1) is 0 Å². The second-order valence-corrected chi connectivity index (χ2v) is 4.34. The molecule has 1 aromatic heterocycles. The van der Waals surface area contributed by atoms with Crippen molar-refractivity contribution in [3.05, 3.63) is 30.2 Å². The number of aryl methyl sites for hydroxylation is 1. The second kappa shape index (κ2) is 4.47. The standard InChI is InChI=1S/C13H16N2O/c1-9(2)7-16-11-4-5-12-10(3)14-8-15-13(12)6-11/h4-6,8-9H,7H2,1-3H3. The highest BCUT2D eigenvalue weighted by Gasteiger charge is 2.02. The molecule has 0 unspecified atom stereocenters. The van der Waals surface area contributed by atoms with Crippen molar-refractivity contribution >= 4 is 10.9 Å². The third kappa shape index (κ3) is 2.30. The van der Waals surface area contributed by atoms with Crippen molar-refractivity contribution in [1.29, 1.82) is 0 Å². The lowest BCUT2D eigenvalue weighted by atomic mass is 10.2. The van der Waals surface area contributed by atoms with Crippen molar-refractivity contribution in [3.8, 4) is 5.75 Å². The quantitative estimate of drug-likeness (QED) is 0.791. The molecule has 0 bridgehead atoms. The van der Waals surface area contributed by atoms with Gasteiger partial charge in [0.05, 0.1) is 12.1 Å². The smallest absolute Gasteiger partial charge is 0.121 e. The number of hydrogen-bond donors (Lipinski definition) is 0. The van der Waals surface area contributed by atoms with Crippen LogP contribution in [0, 0.1) is 12.8 Å². The summed E-state index contributed by atoms with van der Waals surface area (Å²) in [6.45, 7) is 6.98. The summed E-state index contributed by atoms with van der Waals surface area (Å²) < 4.78 is 5.65. The monoisotopic (exact) mass is 216 g/mol. The Morgan fingerprint density at radius 2 is 2.06 bits per heavy atom. The Bertz CT molecular complexity index is 494. The van der Waals surface area contributed by atoms with Crippen LogP contribution in [0.5, 0.6) is 5.75 Å². The van der Waals surface area contributed by atoms with Gasteiger partial charge in [0.15, 0.2) is 0 Å². The highest BCUT2D eigenvalue weighted by Crippen LogP contribution is 2.20. The maximum Gasteiger partial charge on any atom is 0.121 e. The van der Waals surface area contributed by atoms with E-state index in [1.54, 1.807) is 6.33 Å². The maximum absolute atomic E-state index is 5.65. The van der Waals surface area contributed by atoms with Gasteiger partial charge in [-0.3, -0.25) is 0 Å². The molecule has 1 aromatic carbocycles. The fourth-order valence-corrected chi connectivity index (χ4v) is 1.52. The normalized spacial score (nSPS) is 11.0. The Hall–Kier alpha value is -1.64. The molecule has 16 heavy (non-hydrogen) atoms. The average Bonchev–Trinajstić information content (AvgIpc) is 2.26. The molecular weight excluding hydrogens is 200 g/mol. The van der Waals surface area contributed by atoms with E-state index in [1.165, 1.54) is 0 Å². The first-order valence-corrected chi connectivity index (χ1v) is 5.51. The van der Waals surface area contributed by atoms with E-state index in [9.17, 15) is 0 Å². The molecular formula is C13H16N2O. The summed E-state index contributed by atoms with van der Waals surface area (Å²) in [6, 6.07) is 5.95. The minimum absolute atomic E-state index is 0.530. The molecule has 2 aromatic rings. The molecule has 0 aliphatic heterocycles. The summed E-state index contributed by atoms with van der Waals surface area (Å²) >= 11 is 0. The van der Waals surface area contributed by atoms with E-state index < -0.39 is 0 Å². The molecule has 1 heterocycles. The number of nitrogens with zero attached hydrogens (tertiary/aromatic N) is 2. The predicted molar refractivity (Wildman–Crippen MR) is 64.6 cm³/mol. The molecule has 0 N–H and O–H groups in total. The Balaban J connectivity index is 2.30. The molecule has 3 nitrogen and oxygen atoms in total. The maximum atomic E-state index is 5.65. The van der Waals surface area contributed by atoms with E-state index in [-0.39, 0.29) is 0 Å². The van der Waals surface area contributed by atoms with Crippen molar-refractivity contribution < 1.29 is 4.74 Å². The fraction of sp³-hybridized carbons (Fsp3) is 0.385. The number of aromatic nitrogens is 2. The van der Waals surface area contributed by atoms with Gasteiger partial charge in [-0.2, -0.15) is 0 Å². The van der Waals surface area contributed by atoms with Gasteiger partial charge in [0.25, 0.3) is 0 Å². The van der Waals surface area contributed by atoms with Crippen LogP contribution in [0.25, 0.3) is 10.9 Å². The summed E-state index contributed by atoms with van der Waals surface area (Å²) in [5.41, 5.74) is 1.94. The zero-order chi connectivity index (χ0) is 11.5. The number of rotatable bonds is 3. The molecule has 0 saturated heterocycles. The van der Waals surface area contributed by atoms with Crippen molar-refractivity contribution in [2.75, 3.05) is 6.61 Å². The minimum atomic E-state index is 0.530. The minimum Gasteiger partial charge on any atom is -0.493 e. The largest absolute Gasteiger partial charge is 0.493 e. The molecule has 0 atom stereocenters. The first-order valence-electron chi connectivity index (χ1n) is 5.51. The molecule has 0 spiro atoms. The first kappa shape index (κ1) is 10.9. The zero-order valence-corrected chi connectivity index (χ0v) is 9.90. The van der Waals surface area contributed by atoms with E-state index in [2.05, 4.69) is 23.8 Å². The lowest BCUT2D eigenvalue weighted by Gasteiger charge is -2.09. The van der Waals surface area contributed by atoms with Crippen LogP contribution in [-0.4, -0.2) is 16.6 Å². The molecule has 0 aliphatic rings. The van der Waals surface area contributed by atoms with Gasteiger partial charge in [-0.05, 0) is 25.0 Å². The van der Waals surface area contributed by atoms with Crippen LogP contribution in [0.4, 0.5) is 0 Å². The summed E-state index contributed by atoms with van der Waals surface area (Å²) in [5.74, 6) is 1.40. The summed E-state index contributed by atoms with van der Waals surface area (Å²) in [4.78, 5) is 8.40. The van der Waals surface area contributed by atoms with E-state index in [1.807, 2.05) is 25.1 Å². The van der Waals surface area contributed by atoms with Crippen LogP contribution in [0.15, 0.2) is 24.5 Å². The molecule has 84 valence electrons. The number of fused-ring (bicyclic) bond motifs is 1. The number of hydrogen-bond acceptors (Lipinski definition) is 3. The molecule has 3 heteroatoms. The predicted octanol–water partition coefficient (Wildman–Crippen LogP) is 2.97. The zero-order valence-electron chi connectivity index (χ0n) is 9.90. The van der Waals surface area contributed by atoms with Crippen molar-refractivity contribution in [1.82, 2.24) is 9.97 Å². The van der Waals surface area contributed by atoms with E-state index in [4.69, 9.17) is 4.74 Å². The Labute approximate surface area is 95.5 Å². The summed E-state index contributed by atoms with van der Waals surface area (Å²) in [5, 5.41) is 1.08. The Kier molecular flexibility index (Phi) is 3.04. The van der Waals surface area contributed by atoms with Gasteiger partial charge in [-0.1, -0.05) is 13.8 Å². The van der Waals surface area contributed by atoms with Gasteiger partial charge in [-0.25, -0.2) is 9.97 Å². The van der Waals surface area contributed by atoms with Gasteiger partial charge in [0.2, 0.25) is 0 Å². The van der Waals surface area contributed by atoms with E-state index in [0.29, 0.717) is 5.92 Å². The SMILES string of the molecule is Cc1ncnc2cc(OCC(C)C)ccc12.